The van der Waals surface area contributed by atoms with Crippen LogP contribution in [-0.2, 0) is 4.79 Å². The number of carbonyl (C=O) groups is 1. The van der Waals surface area contributed by atoms with E-state index in [1.165, 1.54) is 19.1 Å². The Hall–Kier alpha value is -1.66. The number of amides is 1. The van der Waals surface area contributed by atoms with E-state index < -0.39 is 18.0 Å². The molecule has 0 aliphatic carbocycles. The van der Waals surface area contributed by atoms with Gasteiger partial charge in [-0.1, -0.05) is 6.07 Å². The van der Waals surface area contributed by atoms with Crippen LogP contribution >= 0.6 is 0 Å². The first kappa shape index (κ1) is 14.4. The van der Waals surface area contributed by atoms with E-state index in [0.717, 1.165) is 6.07 Å². The van der Waals surface area contributed by atoms with Crippen molar-refractivity contribution in [1.29, 1.82) is 0 Å². The first-order chi connectivity index (χ1) is 8.41. The van der Waals surface area contributed by atoms with E-state index in [-0.39, 0.29) is 24.6 Å². The summed E-state index contributed by atoms with van der Waals surface area (Å²) in [5.41, 5.74) is 5.63. The van der Waals surface area contributed by atoms with Crippen molar-refractivity contribution in [3.63, 3.8) is 0 Å². The number of hydrogen-bond acceptors (Lipinski definition) is 4. The van der Waals surface area contributed by atoms with Crippen LogP contribution < -0.4 is 11.1 Å². The molecule has 6 heteroatoms. The Bertz CT molecular complexity index is 426. The molecule has 0 bridgehead atoms. The Balaban J connectivity index is 2.59. The molecule has 0 aliphatic heterocycles. The van der Waals surface area contributed by atoms with Crippen LogP contribution in [-0.4, -0.2) is 28.8 Å². The minimum Gasteiger partial charge on any atom is -0.396 e. The molecule has 0 aromatic heterocycles. The topological polar surface area (TPSA) is 95.6 Å². The van der Waals surface area contributed by atoms with Gasteiger partial charge in [0.05, 0.1) is 11.8 Å². The molecule has 0 heterocycles. The number of aliphatic hydroxyl groups excluding tert-OH is 2. The molecular formula is C12H17FN2O3. The molecule has 2 unspecified atom stereocenters. The number of nitrogens with one attached hydrogen (secondary N) is 1. The number of benzene rings is 1. The zero-order valence-electron chi connectivity index (χ0n) is 10.1. The molecule has 0 aliphatic rings. The zero-order chi connectivity index (χ0) is 13.7. The van der Waals surface area contributed by atoms with Crippen molar-refractivity contribution in [2.24, 2.45) is 0 Å². The van der Waals surface area contributed by atoms with Gasteiger partial charge >= 0.3 is 0 Å². The number of aliphatic hydroxyl groups is 2. The average Bonchev–Trinajstić information content (AvgIpc) is 2.31. The monoisotopic (exact) mass is 256 g/mol. The summed E-state index contributed by atoms with van der Waals surface area (Å²) in [4.78, 5) is 10.6. The molecule has 0 saturated carbocycles. The second kappa shape index (κ2) is 6.32. The van der Waals surface area contributed by atoms with E-state index in [9.17, 15) is 19.4 Å². The van der Waals surface area contributed by atoms with Gasteiger partial charge in [0.2, 0.25) is 5.91 Å². The predicted octanol–water partition coefficient (Wildman–Crippen LogP) is 0.328. The molecule has 1 rings (SSSR count). The molecule has 1 amide bonds. The van der Waals surface area contributed by atoms with Gasteiger partial charge in [0.25, 0.3) is 0 Å². The first-order valence-corrected chi connectivity index (χ1v) is 5.57. The highest BCUT2D eigenvalue weighted by Gasteiger charge is 2.18. The van der Waals surface area contributed by atoms with Gasteiger partial charge in [-0.25, -0.2) is 4.39 Å². The fourth-order valence-electron chi connectivity index (χ4n) is 1.52. The van der Waals surface area contributed by atoms with E-state index in [1.54, 1.807) is 0 Å². The van der Waals surface area contributed by atoms with Gasteiger partial charge in [-0.2, -0.15) is 0 Å². The van der Waals surface area contributed by atoms with E-state index >= 15 is 0 Å². The van der Waals surface area contributed by atoms with Gasteiger partial charge in [0, 0.05) is 13.5 Å². The van der Waals surface area contributed by atoms with Gasteiger partial charge < -0.3 is 21.3 Å². The van der Waals surface area contributed by atoms with Gasteiger partial charge in [-0.05, 0) is 24.1 Å². The van der Waals surface area contributed by atoms with Crippen molar-refractivity contribution in [2.45, 2.75) is 25.6 Å². The van der Waals surface area contributed by atoms with Gasteiger partial charge in [-0.3, -0.25) is 4.79 Å². The smallest absolute Gasteiger partial charge is 0.216 e. The molecule has 18 heavy (non-hydrogen) atoms. The maximum absolute atomic E-state index is 12.9. The molecule has 0 radical (unpaired) electrons. The number of nitrogens with two attached hydrogens (primary N) is 1. The number of anilines is 1. The fraction of sp³-hybridized carbons (Fsp3) is 0.417. The summed E-state index contributed by atoms with van der Waals surface area (Å²) in [5, 5.41) is 22.0. The Kier molecular flexibility index (Phi) is 5.06. The van der Waals surface area contributed by atoms with Crippen LogP contribution in [0.1, 0.15) is 25.0 Å². The van der Waals surface area contributed by atoms with E-state index in [4.69, 9.17) is 5.73 Å². The molecule has 5 N–H and O–H groups in total. The van der Waals surface area contributed by atoms with Crippen LogP contribution in [0.4, 0.5) is 10.1 Å². The largest absolute Gasteiger partial charge is 0.396 e. The van der Waals surface area contributed by atoms with Crippen molar-refractivity contribution < 1.29 is 19.4 Å². The maximum Gasteiger partial charge on any atom is 0.216 e. The van der Waals surface area contributed by atoms with Crippen molar-refractivity contribution in [2.75, 3.05) is 12.3 Å². The highest BCUT2D eigenvalue weighted by atomic mass is 19.1. The van der Waals surface area contributed by atoms with Crippen LogP contribution in [0.15, 0.2) is 18.2 Å². The first-order valence-electron chi connectivity index (χ1n) is 5.57. The van der Waals surface area contributed by atoms with E-state index in [1.807, 2.05) is 0 Å². The highest BCUT2D eigenvalue weighted by Crippen LogP contribution is 2.22. The second-order valence-electron chi connectivity index (χ2n) is 4.06. The average molecular weight is 256 g/mol. The van der Waals surface area contributed by atoms with Crippen molar-refractivity contribution >= 4 is 11.6 Å². The summed E-state index contributed by atoms with van der Waals surface area (Å²) in [6.07, 6.45) is -2.03. The Labute approximate surface area is 104 Å². The van der Waals surface area contributed by atoms with Crippen molar-refractivity contribution in [1.82, 2.24) is 5.32 Å². The number of nitrogen functional groups attached to an aromatic ring is 1. The zero-order valence-corrected chi connectivity index (χ0v) is 10.1. The predicted molar refractivity (Wildman–Crippen MR) is 65.1 cm³/mol. The molecule has 0 fully saturated rings. The number of carbonyl (C=O) groups excluding carboxylic acids is 1. The Morgan fingerprint density at radius 1 is 1.50 bits per heavy atom. The Morgan fingerprint density at radius 2 is 2.17 bits per heavy atom. The SMILES string of the molecule is CC(=O)NCCC(O)C(O)c1ccc(F)c(N)c1. The van der Waals surface area contributed by atoms with Crippen molar-refractivity contribution in [3.8, 4) is 0 Å². The third-order valence-electron chi connectivity index (χ3n) is 2.54. The molecule has 0 saturated heterocycles. The lowest BCUT2D eigenvalue weighted by atomic mass is 10.0. The highest BCUT2D eigenvalue weighted by molar-refractivity contribution is 5.72. The van der Waals surface area contributed by atoms with Gasteiger partial charge in [0.1, 0.15) is 11.9 Å². The summed E-state index contributed by atoms with van der Waals surface area (Å²) in [6, 6.07) is 3.77. The second-order valence-corrected chi connectivity index (χ2v) is 4.06. The number of rotatable bonds is 5. The minimum atomic E-state index is -1.17. The molecule has 1 aromatic carbocycles. The van der Waals surface area contributed by atoms with Gasteiger partial charge in [-0.15, -0.1) is 0 Å². The quantitative estimate of drug-likeness (QED) is 0.571. The molecular weight excluding hydrogens is 239 g/mol. The summed E-state index contributed by atoms with van der Waals surface area (Å²) in [6.45, 7) is 1.62. The third-order valence-corrected chi connectivity index (χ3v) is 2.54. The lowest BCUT2D eigenvalue weighted by Gasteiger charge is -2.18. The molecule has 2 atom stereocenters. The van der Waals surface area contributed by atoms with Crippen LogP contribution in [0, 0.1) is 5.82 Å². The number of hydrogen-bond donors (Lipinski definition) is 4. The summed E-state index contributed by atoms with van der Waals surface area (Å²) < 4.78 is 12.9. The standard InChI is InChI=1S/C12H17FN2O3/c1-7(16)15-5-4-11(17)12(18)8-2-3-9(13)10(14)6-8/h2-3,6,11-12,17-18H,4-5,14H2,1H3,(H,15,16). The van der Waals surface area contributed by atoms with Gasteiger partial charge in [0.15, 0.2) is 0 Å². The number of halogens is 1. The Morgan fingerprint density at radius 3 is 2.72 bits per heavy atom. The van der Waals surface area contributed by atoms with Crippen LogP contribution in [0.3, 0.4) is 0 Å². The summed E-state index contributed by atoms with van der Waals surface area (Å²) >= 11 is 0. The fourth-order valence-corrected chi connectivity index (χ4v) is 1.52. The normalized spacial score (nSPS) is 14.0. The maximum atomic E-state index is 12.9. The molecule has 1 aromatic rings. The van der Waals surface area contributed by atoms with Crippen LogP contribution in [0.5, 0.6) is 0 Å². The lowest BCUT2D eigenvalue weighted by molar-refractivity contribution is -0.119. The van der Waals surface area contributed by atoms with E-state index in [0.29, 0.717) is 5.56 Å². The lowest BCUT2D eigenvalue weighted by Crippen LogP contribution is -2.27. The van der Waals surface area contributed by atoms with E-state index in [2.05, 4.69) is 5.32 Å². The summed E-state index contributed by atoms with van der Waals surface area (Å²) in [7, 11) is 0. The third kappa shape index (κ3) is 3.97. The van der Waals surface area contributed by atoms with Crippen molar-refractivity contribution in [3.05, 3.63) is 29.6 Å². The summed E-state index contributed by atoms with van der Waals surface area (Å²) in [5.74, 6) is -0.776. The molecule has 0 spiro atoms. The molecule has 5 nitrogen and oxygen atoms in total. The van der Waals surface area contributed by atoms with Crippen LogP contribution in [0.25, 0.3) is 0 Å². The van der Waals surface area contributed by atoms with Crippen LogP contribution in [0.2, 0.25) is 0 Å². The minimum absolute atomic E-state index is 0.0828. The molecule has 100 valence electrons.